The van der Waals surface area contributed by atoms with Gasteiger partial charge in [0.2, 0.25) is 10.0 Å². The van der Waals surface area contributed by atoms with Crippen LogP contribution in [-0.2, 0) is 16.2 Å². The Morgan fingerprint density at radius 1 is 1.11 bits per heavy atom. The number of amides is 1. The van der Waals surface area contributed by atoms with Crippen LogP contribution >= 0.6 is 0 Å². The summed E-state index contributed by atoms with van der Waals surface area (Å²) in [6.07, 6.45) is -1.96. The minimum Gasteiger partial charge on any atom is -0.322 e. The predicted octanol–water partition coefficient (Wildman–Crippen LogP) is 3.91. The van der Waals surface area contributed by atoms with Crippen molar-refractivity contribution >= 4 is 27.3 Å². The molecule has 0 radical (unpaired) electrons. The van der Waals surface area contributed by atoms with Gasteiger partial charge in [0.05, 0.1) is 24.1 Å². The third-order valence-corrected chi connectivity index (χ3v) is 4.74. The Balaban J connectivity index is 2.14. The van der Waals surface area contributed by atoms with Crippen molar-refractivity contribution in [3.63, 3.8) is 0 Å². The molecule has 2 rings (SSSR count). The van der Waals surface area contributed by atoms with E-state index in [1.165, 1.54) is 30.3 Å². The summed E-state index contributed by atoms with van der Waals surface area (Å²) in [6.45, 7) is 3.59. The molecule has 2 aromatic carbocycles. The number of carbonyl (C=O) groups excluding carboxylic acids is 1. The van der Waals surface area contributed by atoms with Crippen LogP contribution in [0.5, 0.6) is 0 Å². The average molecular weight is 398 g/mol. The van der Waals surface area contributed by atoms with E-state index in [1.54, 1.807) is 0 Å². The van der Waals surface area contributed by atoms with E-state index in [1.807, 2.05) is 0 Å². The van der Waals surface area contributed by atoms with E-state index in [4.69, 9.17) is 0 Å². The zero-order valence-electron chi connectivity index (χ0n) is 14.3. The highest BCUT2D eigenvalue weighted by atomic mass is 32.2. The Kier molecular flexibility index (Phi) is 5.94. The molecule has 0 unspecified atom stereocenters. The van der Waals surface area contributed by atoms with Crippen LogP contribution < -0.4 is 9.62 Å². The summed E-state index contributed by atoms with van der Waals surface area (Å²) in [5.74, 6) is -0.532. The van der Waals surface area contributed by atoms with Gasteiger partial charge in [-0.05, 0) is 48.5 Å². The topological polar surface area (TPSA) is 66.5 Å². The van der Waals surface area contributed by atoms with Crippen molar-refractivity contribution in [2.45, 2.75) is 6.18 Å². The maximum Gasteiger partial charge on any atom is 0.416 e. The molecule has 0 bridgehead atoms. The summed E-state index contributed by atoms with van der Waals surface area (Å²) in [4.78, 5) is 12.2. The van der Waals surface area contributed by atoms with Gasteiger partial charge in [-0.15, -0.1) is 6.58 Å². The minimum absolute atomic E-state index is 0.0793. The van der Waals surface area contributed by atoms with Gasteiger partial charge in [0.1, 0.15) is 0 Å². The van der Waals surface area contributed by atoms with E-state index in [2.05, 4.69) is 11.9 Å². The average Bonchev–Trinajstić information content (AvgIpc) is 2.58. The van der Waals surface area contributed by atoms with Gasteiger partial charge >= 0.3 is 6.18 Å². The lowest BCUT2D eigenvalue weighted by Crippen LogP contribution is -2.29. The number of rotatable bonds is 6. The van der Waals surface area contributed by atoms with Crippen molar-refractivity contribution in [1.82, 2.24) is 0 Å². The first-order valence-corrected chi connectivity index (χ1v) is 9.54. The zero-order valence-corrected chi connectivity index (χ0v) is 15.1. The predicted molar refractivity (Wildman–Crippen MR) is 98.2 cm³/mol. The summed E-state index contributed by atoms with van der Waals surface area (Å²) < 4.78 is 62.4. The number of sulfonamides is 1. The van der Waals surface area contributed by atoms with Crippen molar-refractivity contribution in [2.24, 2.45) is 0 Å². The molecule has 0 aliphatic heterocycles. The maximum absolute atomic E-state index is 12.5. The number of hydrogen-bond acceptors (Lipinski definition) is 3. The third kappa shape index (κ3) is 5.33. The van der Waals surface area contributed by atoms with Crippen molar-refractivity contribution in [1.29, 1.82) is 0 Å². The van der Waals surface area contributed by atoms with Crippen molar-refractivity contribution in [2.75, 3.05) is 22.4 Å². The van der Waals surface area contributed by atoms with Gasteiger partial charge in [-0.25, -0.2) is 8.42 Å². The molecule has 0 aliphatic rings. The standard InChI is InChI=1S/C18H17F3N2O3S/c1-3-12-23(27(2,25)26)16-10-4-13(5-11-16)17(24)22-15-8-6-14(7-9-15)18(19,20)21/h3-11H,1,12H2,2H3,(H,22,24). The van der Waals surface area contributed by atoms with Gasteiger partial charge in [0.15, 0.2) is 0 Å². The van der Waals surface area contributed by atoms with Gasteiger partial charge in [-0.2, -0.15) is 13.2 Å². The van der Waals surface area contributed by atoms with E-state index in [9.17, 15) is 26.4 Å². The fourth-order valence-electron chi connectivity index (χ4n) is 2.27. The summed E-state index contributed by atoms with van der Waals surface area (Å²) in [6, 6.07) is 9.84. The van der Waals surface area contributed by atoms with Crippen molar-refractivity contribution in [3.8, 4) is 0 Å². The Morgan fingerprint density at radius 2 is 1.67 bits per heavy atom. The van der Waals surface area contributed by atoms with Gasteiger partial charge in [-0.1, -0.05) is 6.08 Å². The number of alkyl halides is 3. The van der Waals surface area contributed by atoms with Gasteiger partial charge in [0.25, 0.3) is 5.91 Å². The first-order chi connectivity index (χ1) is 12.5. The summed E-state index contributed by atoms with van der Waals surface area (Å²) in [5.41, 5.74) is -0.0105. The maximum atomic E-state index is 12.5. The quantitative estimate of drug-likeness (QED) is 0.751. The second-order valence-electron chi connectivity index (χ2n) is 5.66. The molecular formula is C18H17F3N2O3S. The second-order valence-corrected chi connectivity index (χ2v) is 7.57. The first kappa shape index (κ1) is 20.5. The van der Waals surface area contributed by atoms with Crippen LogP contribution in [0.4, 0.5) is 24.5 Å². The minimum atomic E-state index is -4.45. The number of nitrogens with one attached hydrogen (secondary N) is 1. The highest BCUT2D eigenvalue weighted by Crippen LogP contribution is 2.30. The zero-order chi connectivity index (χ0) is 20.2. The fraction of sp³-hybridized carbons (Fsp3) is 0.167. The number of benzene rings is 2. The molecule has 9 heteroatoms. The van der Waals surface area contributed by atoms with E-state index in [-0.39, 0.29) is 17.8 Å². The normalized spacial score (nSPS) is 11.7. The lowest BCUT2D eigenvalue weighted by atomic mass is 10.1. The Labute approximate surface area is 155 Å². The van der Waals surface area contributed by atoms with E-state index < -0.39 is 27.7 Å². The van der Waals surface area contributed by atoms with Crippen LogP contribution in [-0.4, -0.2) is 27.1 Å². The SMILES string of the molecule is C=CCN(c1ccc(C(=O)Nc2ccc(C(F)(F)F)cc2)cc1)S(C)(=O)=O. The molecular weight excluding hydrogens is 381 g/mol. The molecule has 1 N–H and O–H groups in total. The summed E-state index contributed by atoms with van der Waals surface area (Å²) in [7, 11) is -3.51. The van der Waals surface area contributed by atoms with E-state index in [0.29, 0.717) is 5.69 Å². The highest BCUT2D eigenvalue weighted by molar-refractivity contribution is 7.92. The van der Waals surface area contributed by atoms with Crippen LogP contribution in [0.25, 0.3) is 0 Å². The van der Waals surface area contributed by atoms with E-state index >= 15 is 0 Å². The van der Waals surface area contributed by atoms with Crippen LogP contribution in [0.3, 0.4) is 0 Å². The van der Waals surface area contributed by atoms with E-state index in [0.717, 1.165) is 34.8 Å². The molecule has 2 aromatic rings. The van der Waals surface area contributed by atoms with Crippen LogP contribution in [0, 0.1) is 0 Å². The lowest BCUT2D eigenvalue weighted by Gasteiger charge is -2.20. The Bertz CT molecular complexity index is 922. The van der Waals surface area contributed by atoms with Crippen LogP contribution in [0.2, 0.25) is 0 Å². The molecule has 0 atom stereocenters. The van der Waals surface area contributed by atoms with Gasteiger partial charge in [0, 0.05) is 11.3 Å². The van der Waals surface area contributed by atoms with Crippen LogP contribution in [0.15, 0.2) is 61.2 Å². The summed E-state index contributed by atoms with van der Waals surface area (Å²) in [5, 5.41) is 2.49. The molecule has 0 saturated carbocycles. The molecule has 0 fully saturated rings. The van der Waals surface area contributed by atoms with Crippen molar-refractivity contribution in [3.05, 3.63) is 72.3 Å². The Hall–Kier alpha value is -2.81. The lowest BCUT2D eigenvalue weighted by molar-refractivity contribution is -0.137. The van der Waals surface area contributed by atoms with Gasteiger partial charge in [-0.3, -0.25) is 9.10 Å². The highest BCUT2D eigenvalue weighted by Gasteiger charge is 2.30. The van der Waals surface area contributed by atoms with Crippen LogP contribution in [0.1, 0.15) is 15.9 Å². The molecule has 27 heavy (non-hydrogen) atoms. The monoisotopic (exact) mass is 398 g/mol. The number of carbonyl (C=O) groups is 1. The fourth-order valence-corrected chi connectivity index (χ4v) is 3.16. The first-order valence-electron chi connectivity index (χ1n) is 7.69. The molecule has 5 nitrogen and oxygen atoms in total. The molecule has 0 spiro atoms. The number of halogens is 3. The molecule has 0 heterocycles. The molecule has 0 saturated heterocycles. The third-order valence-electron chi connectivity index (χ3n) is 3.58. The molecule has 0 aromatic heterocycles. The second kappa shape index (κ2) is 7.83. The number of nitrogens with zero attached hydrogens (tertiary/aromatic N) is 1. The van der Waals surface area contributed by atoms with Gasteiger partial charge < -0.3 is 5.32 Å². The number of anilines is 2. The smallest absolute Gasteiger partial charge is 0.322 e. The molecule has 0 aliphatic carbocycles. The van der Waals surface area contributed by atoms with Crippen molar-refractivity contribution < 1.29 is 26.4 Å². The summed E-state index contributed by atoms with van der Waals surface area (Å²) >= 11 is 0. The largest absolute Gasteiger partial charge is 0.416 e. The molecule has 144 valence electrons. The number of hydrogen-bond donors (Lipinski definition) is 1. The molecule has 1 amide bonds. The Morgan fingerprint density at radius 3 is 2.11 bits per heavy atom.